The molecule has 10 heteroatoms. The molecule has 6 nitrogen and oxygen atoms in total. The lowest BCUT2D eigenvalue weighted by Crippen LogP contribution is -2.55. The number of carbonyl (C=O) groups is 1. The maximum absolute atomic E-state index is 13.7. The van der Waals surface area contributed by atoms with Gasteiger partial charge in [0.25, 0.3) is 0 Å². The van der Waals surface area contributed by atoms with Crippen LogP contribution >= 0.6 is 11.6 Å². The number of nitrogens with one attached hydrogen (secondary N) is 1. The van der Waals surface area contributed by atoms with Gasteiger partial charge in [0.1, 0.15) is 0 Å². The van der Waals surface area contributed by atoms with E-state index in [4.69, 9.17) is 21.1 Å². The zero-order valence-electron chi connectivity index (χ0n) is 21.8. The number of benzene rings is 2. The van der Waals surface area contributed by atoms with Crippen molar-refractivity contribution in [2.75, 3.05) is 39.3 Å². The van der Waals surface area contributed by atoms with Crippen molar-refractivity contribution in [3.63, 3.8) is 0 Å². The Morgan fingerprint density at radius 1 is 1.21 bits per heavy atom. The van der Waals surface area contributed by atoms with Crippen LogP contribution in [0.2, 0.25) is 5.02 Å². The Balaban J connectivity index is 1.71. The first-order valence-electron chi connectivity index (χ1n) is 12.5. The molecule has 1 heterocycles. The first-order chi connectivity index (χ1) is 18.1. The van der Waals surface area contributed by atoms with Crippen molar-refractivity contribution in [3.05, 3.63) is 65.2 Å². The minimum atomic E-state index is -4.64. The summed E-state index contributed by atoms with van der Waals surface area (Å²) in [7, 11) is 5.26. The third-order valence-electron chi connectivity index (χ3n) is 7.97. The van der Waals surface area contributed by atoms with Crippen LogP contribution in [-0.2, 0) is 11.6 Å². The van der Waals surface area contributed by atoms with Crippen molar-refractivity contribution in [1.29, 1.82) is 0 Å². The summed E-state index contributed by atoms with van der Waals surface area (Å²) in [6.07, 6.45) is -0.213. The van der Waals surface area contributed by atoms with Gasteiger partial charge in [-0.1, -0.05) is 23.7 Å². The Labute approximate surface area is 226 Å². The molecule has 1 saturated carbocycles. The number of rotatable bonds is 7. The highest BCUT2D eigenvalue weighted by Crippen LogP contribution is 2.51. The van der Waals surface area contributed by atoms with Crippen molar-refractivity contribution in [2.45, 2.75) is 49.4 Å². The Morgan fingerprint density at radius 3 is 2.61 bits per heavy atom. The largest absolute Gasteiger partial charge is 0.493 e. The van der Waals surface area contributed by atoms with E-state index in [9.17, 15) is 18.0 Å². The number of halogens is 4. The molecule has 2 aromatic carbocycles. The van der Waals surface area contributed by atoms with Gasteiger partial charge in [0.15, 0.2) is 11.5 Å². The number of amides is 2. The third kappa shape index (κ3) is 5.18. The van der Waals surface area contributed by atoms with E-state index < -0.39 is 22.8 Å². The van der Waals surface area contributed by atoms with Crippen molar-refractivity contribution < 1.29 is 27.4 Å². The monoisotopic (exact) mass is 551 g/mol. The van der Waals surface area contributed by atoms with E-state index in [0.29, 0.717) is 24.3 Å². The van der Waals surface area contributed by atoms with Crippen LogP contribution in [-0.4, -0.2) is 57.4 Å². The van der Waals surface area contributed by atoms with Gasteiger partial charge in [0.05, 0.1) is 24.8 Å². The van der Waals surface area contributed by atoms with Gasteiger partial charge in [-0.3, -0.25) is 4.90 Å². The van der Waals surface area contributed by atoms with Crippen molar-refractivity contribution in [3.8, 4) is 11.5 Å². The van der Waals surface area contributed by atoms with Crippen LogP contribution in [0.1, 0.15) is 36.8 Å². The number of nitrogens with zero attached hydrogens (tertiary/aromatic N) is 2. The molecule has 38 heavy (non-hydrogen) atoms. The predicted molar refractivity (Wildman–Crippen MR) is 142 cm³/mol. The summed E-state index contributed by atoms with van der Waals surface area (Å²) >= 11 is 5.88. The van der Waals surface area contributed by atoms with E-state index in [1.165, 1.54) is 23.1 Å². The fraction of sp³-hybridized carbons (Fsp3) is 0.464. The lowest BCUT2D eigenvalue weighted by molar-refractivity contribution is -0.137. The van der Waals surface area contributed by atoms with Crippen LogP contribution in [0.4, 0.5) is 23.7 Å². The van der Waals surface area contributed by atoms with E-state index in [1.807, 2.05) is 12.1 Å². The fourth-order valence-electron chi connectivity index (χ4n) is 6.10. The molecule has 0 unspecified atom stereocenters. The Morgan fingerprint density at radius 2 is 1.95 bits per heavy atom. The second-order valence-electron chi connectivity index (χ2n) is 9.91. The second-order valence-corrected chi connectivity index (χ2v) is 10.3. The van der Waals surface area contributed by atoms with Gasteiger partial charge >= 0.3 is 12.2 Å². The van der Waals surface area contributed by atoms with Gasteiger partial charge in [-0.05, 0) is 75.2 Å². The number of methoxy groups -OCH3 is 2. The normalized spacial score (nSPS) is 23.4. The molecule has 1 saturated heterocycles. The van der Waals surface area contributed by atoms with E-state index in [0.717, 1.165) is 31.0 Å². The summed E-state index contributed by atoms with van der Waals surface area (Å²) in [5, 5.41) is 2.35. The van der Waals surface area contributed by atoms with E-state index in [-0.39, 0.29) is 29.7 Å². The SMILES string of the molecule is C=CCNC(=O)N(c1ccc(Cl)c(C(F)(F)F)c1)[C@H]1CC[C@@]2(c3ccc(OC)c(OC)c3)CCN(C)[C@H]2C1. The first-order valence-corrected chi connectivity index (χ1v) is 12.9. The van der Waals surface area contributed by atoms with Crippen molar-refractivity contribution in [1.82, 2.24) is 10.2 Å². The summed E-state index contributed by atoms with van der Waals surface area (Å²) < 4.78 is 52.0. The molecule has 206 valence electrons. The molecule has 0 bridgehead atoms. The number of ether oxygens (including phenoxy) is 2. The number of likely N-dealkylation sites (tertiary alicyclic amines) is 1. The molecule has 4 rings (SSSR count). The highest BCUT2D eigenvalue weighted by Gasteiger charge is 2.52. The zero-order chi connectivity index (χ0) is 27.7. The zero-order valence-corrected chi connectivity index (χ0v) is 22.5. The number of carbonyl (C=O) groups excluding carboxylic acids is 1. The summed E-state index contributed by atoms with van der Waals surface area (Å²) in [4.78, 5) is 17.1. The highest BCUT2D eigenvalue weighted by molar-refractivity contribution is 6.31. The number of anilines is 1. The number of hydrogen-bond acceptors (Lipinski definition) is 4. The summed E-state index contributed by atoms with van der Waals surface area (Å²) in [5.74, 6) is 1.30. The van der Waals surface area contributed by atoms with Gasteiger partial charge in [0, 0.05) is 29.7 Å². The Kier molecular flexibility index (Phi) is 8.18. The smallest absolute Gasteiger partial charge is 0.417 e. The quantitative estimate of drug-likeness (QED) is 0.412. The molecule has 2 aromatic rings. The highest BCUT2D eigenvalue weighted by atomic mass is 35.5. The third-order valence-corrected chi connectivity index (χ3v) is 8.30. The predicted octanol–water partition coefficient (Wildman–Crippen LogP) is 6.27. The number of likely N-dealkylation sites (N-methyl/N-ethyl adjacent to an activating group) is 1. The van der Waals surface area contributed by atoms with Crippen LogP contribution in [0.5, 0.6) is 11.5 Å². The molecule has 2 amide bonds. The molecule has 1 N–H and O–H groups in total. The van der Waals surface area contributed by atoms with Crippen LogP contribution in [0.25, 0.3) is 0 Å². The van der Waals surface area contributed by atoms with Crippen molar-refractivity contribution >= 4 is 23.3 Å². The molecule has 2 fully saturated rings. The standard InChI is InChI=1S/C28H33ClF3N3O3/c1-5-13-33-26(36)35(19-7-8-22(29)21(16-19)28(30,31)32)20-10-11-27(12-14-34(2)25(27)17-20)18-6-9-23(37-3)24(15-18)38-4/h5-9,15-16,20,25H,1,10-14,17H2,2-4H3,(H,33,36)/t20-,25-,27-/m0/s1. The number of fused-ring (bicyclic) bond motifs is 1. The van der Waals surface area contributed by atoms with Gasteiger partial charge in [0.2, 0.25) is 0 Å². The molecular weight excluding hydrogens is 519 g/mol. The van der Waals surface area contributed by atoms with Gasteiger partial charge in [-0.15, -0.1) is 6.58 Å². The Hall–Kier alpha value is -2.91. The summed E-state index contributed by atoms with van der Waals surface area (Å²) in [5.41, 5.74) is 0.154. The molecular formula is C28H33ClF3N3O3. The summed E-state index contributed by atoms with van der Waals surface area (Å²) in [6.45, 7) is 4.70. The lowest BCUT2D eigenvalue weighted by Gasteiger charge is -2.47. The number of urea groups is 1. The number of hydrogen-bond donors (Lipinski definition) is 1. The Bertz CT molecular complexity index is 1190. The molecule has 1 aliphatic heterocycles. The van der Waals surface area contributed by atoms with Crippen LogP contribution in [0.3, 0.4) is 0 Å². The topological polar surface area (TPSA) is 54.0 Å². The van der Waals surface area contributed by atoms with Gasteiger partial charge < -0.3 is 19.7 Å². The van der Waals surface area contributed by atoms with E-state index >= 15 is 0 Å². The van der Waals surface area contributed by atoms with Crippen LogP contribution < -0.4 is 19.7 Å². The lowest BCUT2D eigenvalue weighted by atomic mass is 9.64. The minimum Gasteiger partial charge on any atom is -0.493 e. The average molecular weight is 552 g/mol. The second kappa shape index (κ2) is 11.1. The summed E-state index contributed by atoms with van der Waals surface area (Å²) in [6, 6.07) is 8.92. The molecule has 1 aliphatic carbocycles. The van der Waals surface area contributed by atoms with Crippen LogP contribution in [0, 0.1) is 0 Å². The molecule has 0 aromatic heterocycles. The molecule has 3 atom stereocenters. The fourth-order valence-corrected chi connectivity index (χ4v) is 6.32. The van der Waals surface area contributed by atoms with E-state index in [2.05, 4.69) is 29.9 Å². The van der Waals surface area contributed by atoms with Gasteiger partial charge in [-0.2, -0.15) is 13.2 Å². The molecule has 0 spiro atoms. The van der Waals surface area contributed by atoms with Crippen LogP contribution in [0.15, 0.2) is 49.1 Å². The van der Waals surface area contributed by atoms with E-state index in [1.54, 1.807) is 14.2 Å². The molecule has 2 aliphatic rings. The van der Waals surface area contributed by atoms with Gasteiger partial charge in [-0.25, -0.2) is 4.79 Å². The number of alkyl halides is 3. The first kappa shape index (κ1) is 28.1. The average Bonchev–Trinajstić information content (AvgIpc) is 3.24. The van der Waals surface area contributed by atoms with Crippen molar-refractivity contribution in [2.24, 2.45) is 0 Å². The maximum Gasteiger partial charge on any atom is 0.417 e. The minimum absolute atomic E-state index is 0.0726. The maximum atomic E-state index is 13.7. The molecule has 0 radical (unpaired) electrons.